The molecule has 0 atom stereocenters. The van der Waals surface area contributed by atoms with E-state index in [0.717, 1.165) is 0 Å². The summed E-state index contributed by atoms with van der Waals surface area (Å²) in [5, 5.41) is 39.0. The van der Waals surface area contributed by atoms with Gasteiger partial charge in [0.2, 0.25) is 0 Å². The van der Waals surface area contributed by atoms with Gasteiger partial charge >= 0.3 is 0 Å². The van der Waals surface area contributed by atoms with Gasteiger partial charge in [-0.2, -0.15) is 0 Å². The van der Waals surface area contributed by atoms with E-state index in [-0.39, 0.29) is 0 Å². The van der Waals surface area contributed by atoms with Gasteiger partial charge in [-0.05, 0) is 225 Å². The van der Waals surface area contributed by atoms with E-state index in [0.29, 0.717) is 0 Å². The first-order chi connectivity index (χ1) is 63.0. The molecule has 0 saturated carbocycles. The van der Waals surface area contributed by atoms with Crippen molar-refractivity contribution in [2.45, 2.75) is 0 Å². The molecule has 0 aliphatic carbocycles. The van der Waals surface area contributed by atoms with Crippen molar-refractivity contribution in [3.05, 3.63) is 388 Å². The van der Waals surface area contributed by atoms with Crippen LogP contribution in [-0.4, -0.2) is 32.3 Å². The number of benzene rings is 16. The van der Waals surface area contributed by atoms with E-state index < -0.39 is 32.3 Å². The highest BCUT2D eigenvalue weighted by Crippen LogP contribution is 2.55. The van der Waals surface area contributed by atoms with E-state index in [1.54, 1.807) is 83.0 Å². The van der Waals surface area contributed by atoms with Crippen LogP contribution in [0.25, 0.3) is 174 Å². The van der Waals surface area contributed by atoms with Crippen molar-refractivity contribution in [3.63, 3.8) is 0 Å². The van der Waals surface area contributed by atoms with E-state index in [2.05, 4.69) is 388 Å². The standard InChI is InChI=1S/C32H16S4Si.2C28H16S2Si.C26H16SSi/c1-5-13-21-17(9-1)29-25(33-21)26-30(18-10-2-6-14-22(18)34-26)37(29)31-19-11-3-7-15-23(19)35-27(31)28-32(37)20-12-4-8-16-24(20)36-28;1-5-13-21-19(11-1)27-25(29-21)26-28(20-12-2-6-14-22(20)30-26)31(27)23-15-7-3-9-17(23)18-10-4-8-16-24(18)31;1-5-13-21-17(9-1)27-25(29-21)19-11-3-7-15-23(19)31(27)24-16-8-4-12-20(24)26-28(31)18-10-2-6-14-22(18)30-26;1-5-13-21-19(11-1)26-25(27-21)20-12-4-8-16-24(20)28(26)22-14-6-2-9-17(22)18-10-3-7-15-23(18)28/h1-16H;2*1-16H;1-16H. The maximum Gasteiger partial charge on any atom is 0.188 e. The summed E-state index contributed by atoms with van der Waals surface area (Å²) in [5.74, 6) is 0. The molecule has 17 heterocycles. The highest BCUT2D eigenvalue weighted by molar-refractivity contribution is 7.46. The predicted molar refractivity (Wildman–Crippen MR) is 571 cm³/mol. The number of hydrogen-bond acceptors (Lipinski definition) is 9. The topological polar surface area (TPSA) is 0 Å². The fourth-order valence-corrected chi connectivity index (χ4v) is 65.3. The van der Waals surface area contributed by atoms with Crippen LogP contribution in [0.2, 0.25) is 0 Å². The summed E-state index contributed by atoms with van der Waals surface area (Å²) in [6.45, 7) is 0. The molecule has 590 valence electrons. The third-order valence-corrected chi connectivity index (χ3v) is 61.9. The van der Waals surface area contributed by atoms with Gasteiger partial charge in [0.05, 0.1) is 0 Å². The van der Waals surface area contributed by atoms with Gasteiger partial charge in [0, 0.05) is 86.2 Å². The van der Waals surface area contributed by atoms with E-state index in [9.17, 15) is 0 Å². The Kier molecular flexibility index (Phi) is 15.0. The Balaban J connectivity index is 0.0000000828. The highest BCUT2D eigenvalue weighted by atomic mass is 32.1. The zero-order valence-electron chi connectivity index (χ0n) is 67.6. The molecule has 127 heavy (non-hydrogen) atoms. The SMILES string of the molecule is c1ccc2c(c1)-c1ccccc1[Si]21c2c(sc3ccccc23)-c2sc3ccccc3c21.c1ccc2c(c1)-c1ccccc1[Si]21c2ccccc2-c2sc3ccccc3c21.c1ccc2c(c1)-c1sc3ccccc3c1[Si]21c2ccccc2-c2sc3ccccc3c21.c1ccc2c3c(sc2c1)-c1sc2ccccc2c1[Si]31c2c(sc3ccccc23)-c2sc3ccccc3c21. The molecule has 25 aromatic rings. The van der Waals surface area contributed by atoms with Gasteiger partial charge in [-0.25, -0.2) is 0 Å². The molecule has 0 radical (unpaired) electrons. The third kappa shape index (κ3) is 8.94. The number of hydrogen-bond donors (Lipinski definition) is 0. The van der Waals surface area contributed by atoms with Crippen molar-refractivity contribution in [3.8, 4) is 82.8 Å². The van der Waals surface area contributed by atoms with Crippen molar-refractivity contribution < 1.29 is 0 Å². The number of rotatable bonds is 0. The van der Waals surface area contributed by atoms with Crippen LogP contribution in [0.5, 0.6) is 0 Å². The maximum atomic E-state index is 2.43. The Hall–Kier alpha value is -12.0. The smallest absolute Gasteiger partial charge is 0.135 e. The molecule has 0 fully saturated rings. The van der Waals surface area contributed by atoms with Crippen molar-refractivity contribution in [2.75, 3.05) is 0 Å². The molecule has 33 rings (SSSR count). The molecular formula is C114H64S9Si4. The zero-order valence-corrected chi connectivity index (χ0v) is 79.0. The molecule has 8 aliphatic rings. The minimum absolute atomic E-state index is 1.41. The van der Waals surface area contributed by atoms with Gasteiger partial charge in [0.1, 0.15) is 0 Å². The number of fused-ring (bicyclic) bond motifs is 58. The summed E-state index contributed by atoms with van der Waals surface area (Å²) in [5.41, 5.74) is 10.1. The van der Waals surface area contributed by atoms with E-state index in [1.807, 2.05) is 102 Å². The summed E-state index contributed by atoms with van der Waals surface area (Å²) in [6, 6.07) is 146. The second-order valence-electron chi connectivity index (χ2n) is 34.5. The van der Waals surface area contributed by atoms with Gasteiger partial charge in [-0.1, -0.05) is 334 Å². The lowest BCUT2D eigenvalue weighted by Gasteiger charge is -2.27. The highest BCUT2D eigenvalue weighted by Gasteiger charge is 2.63. The van der Waals surface area contributed by atoms with E-state index >= 15 is 0 Å². The Bertz CT molecular complexity index is 8570. The van der Waals surface area contributed by atoms with Crippen molar-refractivity contribution in [1.29, 1.82) is 0 Å². The minimum Gasteiger partial charge on any atom is -0.135 e. The fourth-order valence-electron chi connectivity index (χ4n) is 24.7. The fraction of sp³-hybridized carbons (Fsp3) is 0. The Morgan fingerprint density at radius 3 is 0.465 bits per heavy atom. The lowest BCUT2D eigenvalue weighted by atomic mass is 10.1. The van der Waals surface area contributed by atoms with Crippen LogP contribution in [-0.2, 0) is 0 Å². The van der Waals surface area contributed by atoms with Crippen LogP contribution in [0.15, 0.2) is 388 Å². The van der Waals surface area contributed by atoms with Crippen LogP contribution in [0, 0.1) is 0 Å². The molecule has 4 spiro atoms. The van der Waals surface area contributed by atoms with E-state index in [1.165, 1.54) is 174 Å². The molecule has 0 bridgehead atoms. The molecule has 9 aromatic heterocycles. The molecule has 0 saturated heterocycles. The maximum absolute atomic E-state index is 2.56. The monoisotopic (exact) mass is 1830 g/mol. The van der Waals surface area contributed by atoms with Gasteiger partial charge in [0.25, 0.3) is 0 Å². The van der Waals surface area contributed by atoms with E-state index in [4.69, 9.17) is 0 Å². The predicted octanol–water partition coefficient (Wildman–Crippen LogP) is 23.0. The summed E-state index contributed by atoms with van der Waals surface area (Å²) in [4.78, 5) is 13.7. The average Bonchev–Trinajstić information content (AvgIpc) is 1.45. The van der Waals surface area contributed by atoms with Crippen LogP contribution in [0.1, 0.15) is 0 Å². The first kappa shape index (κ1) is 72.1. The zero-order chi connectivity index (χ0) is 82.5. The molecule has 0 amide bonds. The van der Waals surface area contributed by atoms with Gasteiger partial charge in [-0.3, -0.25) is 0 Å². The lowest BCUT2D eigenvalue weighted by Crippen LogP contribution is -2.70. The summed E-state index contributed by atoms with van der Waals surface area (Å²) in [7, 11) is -9.52. The Morgan fingerprint density at radius 2 is 0.244 bits per heavy atom. The average molecular weight is 1830 g/mol. The molecule has 8 aliphatic heterocycles. The minimum atomic E-state index is -2.56. The normalized spacial score (nSPS) is 14.7. The first-order valence-electron chi connectivity index (χ1n) is 43.4. The van der Waals surface area contributed by atoms with Gasteiger partial charge in [0.15, 0.2) is 32.3 Å². The Morgan fingerprint density at radius 1 is 0.110 bits per heavy atom. The van der Waals surface area contributed by atoms with Crippen LogP contribution >= 0.6 is 102 Å². The molecule has 16 aromatic carbocycles. The first-order valence-corrected chi connectivity index (χ1v) is 58.8. The van der Waals surface area contributed by atoms with Crippen molar-refractivity contribution in [1.82, 2.24) is 0 Å². The molecule has 0 unspecified atom stereocenters. The Labute approximate surface area is 771 Å². The number of thiophene rings is 9. The van der Waals surface area contributed by atoms with Gasteiger partial charge < -0.3 is 0 Å². The largest absolute Gasteiger partial charge is 0.188 e. The van der Waals surface area contributed by atoms with Crippen molar-refractivity contribution in [2.24, 2.45) is 0 Å². The quantitative estimate of drug-likeness (QED) is 0.133. The summed E-state index contributed by atoms with van der Waals surface area (Å²) >= 11 is 18.0. The molecule has 13 heteroatoms. The second kappa shape index (κ2) is 26.4. The summed E-state index contributed by atoms with van der Waals surface area (Å²) < 4.78 is 12.8. The van der Waals surface area contributed by atoms with Crippen LogP contribution in [0.4, 0.5) is 0 Å². The second-order valence-corrected chi connectivity index (χ2v) is 58.3. The van der Waals surface area contributed by atoms with Crippen molar-refractivity contribution >= 4 is 308 Å². The van der Waals surface area contributed by atoms with Crippen LogP contribution < -0.4 is 83.0 Å². The van der Waals surface area contributed by atoms with Gasteiger partial charge in [-0.15, -0.1) is 102 Å². The molecule has 0 N–H and O–H groups in total. The van der Waals surface area contributed by atoms with Crippen LogP contribution in [0.3, 0.4) is 0 Å². The third-order valence-electron chi connectivity index (χ3n) is 29.0. The molecular weight excluding hydrogens is 1770 g/mol. The summed E-state index contributed by atoms with van der Waals surface area (Å²) in [6.07, 6.45) is 0. The lowest BCUT2D eigenvalue weighted by molar-refractivity contribution is 1.71. The molecule has 0 nitrogen and oxygen atoms in total.